The zero-order valence-corrected chi connectivity index (χ0v) is 8.69. The molecule has 1 aromatic heterocycles. The maximum atomic E-state index is 5.75. The summed E-state index contributed by atoms with van der Waals surface area (Å²) in [6, 6.07) is 0.433. The Labute approximate surface area is 84.5 Å². The number of aryl methyl sites for hydroxylation is 1. The van der Waals surface area contributed by atoms with Crippen molar-refractivity contribution in [1.82, 2.24) is 14.8 Å². The molecule has 1 saturated carbocycles. The third-order valence-corrected chi connectivity index (χ3v) is 2.90. The summed E-state index contributed by atoms with van der Waals surface area (Å²) in [7, 11) is 0. The van der Waals surface area contributed by atoms with Gasteiger partial charge >= 0.3 is 0 Å². The Balaban J connectivity index is 1.91. The largest absolute Gasteiger partial charge is 0.328 e. The molecule has 1 aromatic rings. The Hall–Kier alpha value is -0.900. The molecule has 0 aromatic carbocycles. The van der Waals surface area contributed by atoms with Crippen LogP contribution in [0.25, 0.3) is 0 Å². The van der Waals surface area contributed by atoms with Gasteiger partial charge in [0, 0.05) is 19.0 Å². The SMILES string of the molecule is CCCn1cnnc1CC1CC(N)C1. The molecule has 78 valence electrons. The summed E-state index contributed by atoms with van der Waals surface area (Å²) < 4.78 is 2.16. The first-order valence-electron chi connectivity index (χ1n) is 5.42. The topological polar surface area (TPSA) is 56.7 Å². The molecule has 0 saturated heterocycles. The minimum absolute atomic E-state index is 0.433. The van der Waals surface area contributed by atoms with Gasteiger partial charge < -0.3 is 10.3 Å². The van der Waals surface area contributed by atoms with E-state index >= 15 is 0 Å². The monoisotopic (exact) mass is 194 g/mol. The summed E-state index contributed by atoms with van der Waals surface area (Å²) in [5.74, 6) is 1.87. The van der Waals surface area contributed by atoms with E-state index in [1.165, 1.54) is 0 Å². The quantitative estimate of drug-likeness (QED) is 0.777. The van der Waals surface area contributed by atoms with Crippen molar-refractivity contribution in [1.29, 1.82) is 0 Å². The molecule has 2 N–H and O–H groups in total. The number of nitrogens with two attached hydrogens (primary N) is 1. The van der Waals surface area contributed by atoms with Gasteiger partial charge in [0.25, 0.3) is 0 Å². The zero-order chi connectivity index (χ0) is 9.97. The fourth-order valence-electron chi connectivity index (χ4n) is 2.08. The van der Waals surface area contributed by atoms with E-state index in [0.29, 0.717) is 6.04 Å². The molecule has 4 nitrogen and oxygen atoms in total. The van der Waals surface area contributed by atoms with Crippen LogP contribution in [-0.4, -0.2) is 20.8 Å². The molecular weight excluding hydrogens is 176 g/mol. The third-order valence-electron chi connectivity index (χ3n) is 2.90. The summed E-state index contributed by atoms with van der Waals surface area (Å²) in [6.45, 7) is 3.20. The van der Waals surface area contributed by atoms with Crippen LogP contribution in [0.3, 0.4) is 0 Å². The highest BCUT2D eigenvalue weighted by molar-refractivity contribution is 4.93. The lowest BCUT2D eigenvalue weighted by Crippen LogP contribution is -2.37. The van der Waals surface area contributed by atoms with Crippen LogP contribution in [0.2, 0.25) is 0 Å². The fourth-order valence-corrected chi connectivity index (χ4v) is 2.08. The van der Waals surface area contributed by atoms with Crippen LogP contribution >= 0.6 is 0 Å². The Morgan fingerprint density at radius 3 is 3.00 bits per heavy atom. The predicted octanol–water partition coefficient (Wildman–Crippen LogP) is 0.968. The van der Waals surface area contributed by atoms with E-state index in [1.807, 2.05) is 6.33 Å². The van der Waals surface area contributed by atoms with E-state index < -0.39 is 0 Å². The summed E-state index contributed by atoms with van der Waals surface area (Å²) in [5.41, 5.74) is 5.75. The maximum Gasteiger partial charge on any atom is 0.133 e. The first kappa shape index (κ1) is 9.65. The summed E-state index contributed by atoms with van der Waals surface area (Å²) in [6.07, 6.45) is 6.32. The van der Waals surface area contributed by atoms with Crippen LogP contribution in [0.4, 0.5) is 0 Å². The van der Waals surface area contributed by atoms with Crippen molar-refractivity contribution >= 4 is 0 Å². The van der Waals surface area contributed by atoms with Crippen LogP contribution in [-0.2, 0) is 13.0 Å². The normalized spacial score (nSPS) is 26.1. The third kappa shape index (κ3) is 1.95. The molecular formula is C10H18N4. The van der Waals surface area contributed by atoms with E-state index in [1.54, 1.807) is 0 Å². The molecule has 1 aliphatic rings. The summed E-state index contributed by atoms with van der Waals surface area (Å²) >= 11 is 0. The number of hydrogen-bond acceptors (Lipinski definition) is 3. The van der Waals surface area contributed by atoms with E-state index in [4.69, 9.17) is 5.73 Å². The average molecular weight is 194 g/mol. The molecule has 14 heavy (non-hydrogen) atoms. The van der Waals surface area contributed by atoms with Crippen molar-refractivity contribution in [3.63, 3.8) is 0 Å². The summed E-state index contributed by atoms with van der Waals surface area (Å²) in [5, 5.41) is 8.11. The molecule has 1 fully saturated rings. The molecule has 0 radical (unpaired) electrons. The molecule has 0 amide bonds. The standard InChI is InChI=1S/C10H18N4/c1-2-3-14-7-12-13-10(14)6-8-4-9(11)5-8/h7-9H,2-6,11H2,1H3. The molecule has 0 atom stereocenters. The van der Waals surface area contributed by atoms with Crippen LogP contribution in [0.1, 0.15) is 32.0 Å². The van der Waals surface area contributed by atoms with Gasteiger partial charge in [-0.05, 0) is 25.2 Å². The van der Waals surface area contributed by atoms with Gasteiger partial charge in [0.05, 0.1) is 0 Å². The van der Waals surface area contributed by atoms with Crippen molar-refractivity contribution in [3.8, 4) is 0 Å². The highest BCUT2D eigenvalue weighted by atomic mass is 15.3. The van der Waals surface area contributed by atoms with Gasteiger partial charge in [-0.2, -0.15) is 0 Å². The average Bonchev–Trinajstić information content (AvgIpc) is 2.51. The first-order valence-corrected chi connectivity index (χ1v) is 5.42. The first-order chi connectivity index (χ1) is 6.79. The highest BCUT2D eigenvalue weighted by Gasteiger charge is 2.27. The van der Waals surface area contributed by atoms with Crippen molar-refractivity contribution in [2.45, 2.75) is 45.2 Å². The lowest BCUT2D eigenvalue weighted by atomic mass is 9.79. The van der Waals surface area contributed by atoms with Gasteiger partial charge in [0.15, 0.2) is 0 Å². The van der Waals surface area contributed by atoms with Gasteiger partial charge in [-0.15, -0.1) is 10.2 Å². The lowest BCUT2D eigenvalue weighted by Gasteiger charge is -2.32. The highest BCUT2D eigenvalue weighted by Crippen LogP contribution is 2.28. The maximum absolute atomic E-state index is 5.75. The van der Waals surface area contributed by atoms with E-state index in [2.05, 4.69) is 21.7 Å². The molecule has 0 bridgehead atoms. The van der Waals surface area contributed by atoms with Crippen molar-refractivity contribution in [2.75, 3.05) is 0 Å². The van der Waals surface area contributed by atoms with E-state index in [9.17, 15) is 0 Å². The van der Waals surface area contributed by atoms with Gasteiger partial charge in [-0.3, -0.25) is 0 Å². The minimum Gasteiger partial charge on any atom is -0.328 e. The number of nitrogens with zero attached hydrogens (tertiary/aromatic N) is 3. The fraction of sp³-hybridized carbons (Fsp3) is 0.800. The second kappa shape index (κ2) is 4.09. The smallest absolute Gasteiger partial charge is 0.133 e. The molecule has 0 aliphatic heterocycles. The number of rotatable bonds is 4. The molecule has 0 spiro atoms. The molecule has 4 heteroatoms. The van der Waals surface area contributed by atoms with Gasteiger partial charge in [0.1, 0.15) is 12.2 Å². The Kier molecular flexibility index (Phi) is 2.82. The zero-order valence-electron chi connectivity index (χ0n) is 8.69. The van der Waals surface area contributed by atoms with Crippen LogP contribution in [0, 0.1) is 5.92 Å². The minimum atomic E-state index is 0.433. The lowest BCUT2D eigenvalue weighted by molar-refractivity contribution is 0.258. The second-order valence-corrected chi connectivity index (χ2v) is 4.24. The number of hydrogen-bond donors (Lipinski definition) is 1. The molecule has 1 heterocycles. The molecule has 0 unspecified atom stereocenters. The van der Waals surface area contributed by atoms with Crippen molar-refractivity contribution in [2.24, 2.45) is 11.7 Å². The predicted molar refractivity (Wildman–Crippen MR) is 54.7 cm³/mol. The Bertz CT molecular complexity index is 288. The molecule has 1 aliphatic carbocycles. The van der Waals surface area contributed by atoms with Gasteiger partial charge in [0.2, 0.25) is 0 Å². The van der Waals surface area contributed by atoms with Crippen LogP contribution in [0.5, 0.6) is 0 Å². The van der Waals surface area contributed by atoms with Crippen molar-refractivity contribution < 1.29 is 0 Å². The Morgan fingerprint density at radius 1 is 1.57 bits per heavy atom. The van der Waals surface area contributed by atoms with Gasteiger partial charge in [-0.25, -0.2) is 0 Å². The number of aromatic nitrogens is 3. The van der Waals surface area contributed by atoms with Crippen molar-refractivity contribution in [3.05, 3.63) is 12.2 Å². The van der Waals surface area contributed by atoms with Gasteiger partial charge in [-0.1, -0.05) is 6.92 Å². The van der Waals surface area contributed by atoms with E-state index in [0.717, 1.165) is 44.0 Å². The van der Waals surface area contributed by atoms with E-state index in [-0.39, 0.29) is 0 Å². The molecule has 2 rings (SSSR count). The summed E-state index contributed by atoms with van der Waals surface area (Å²) in [4.78, 5) is 0. The van der Waals surface area contributed by atoms with Crippen LogP contribution < -0.4 is 5.73 Å². The second-order valence-electron chi connectivity index (χ2n) is 4.24. The Morgan fingerprint density at radius 2 is 2.36 bits per heavy atom. The van der Waals surface area contributed by atoms with Crippen LogP contribution in [0.15, 0.2) is 6.33 Å².